The van der Waals surface area contributed by atoms with Crippen molar-refractivity contribution >= 4 is 34.8 Å². The summed E-state index contributed by atoms with van der Waals surface area (Å²) in [5, 5.41) is 3.44. The lowest BCUT2D eigenvalue weighted by Crippen LogP contribution is -2.28. The van der Waals surface area contributed by atoms with Crippen LogP contribution in [0.5, 0.6) is 5.75 Å². The predicted octanol–water partition coefficient (Wildman–Crippen LogP) is 3.73. The van der Waals surface area contributed by atoms with E-state index in [1.54, 1.807) is 29.2 Å². The zero-order chi connectivity index (χ0) is 17.8. The van der Waals surface area contributed by atoms with Crippen molar-refractivity contribution in [3.63, 3.8) is 0 Å². The molecule has 130 valence electrons. The number of benzene rings is 2. The second-order valence-electron chi connectivity index (χ2n) is 5.83. The SMILES string of the molecule is CCOc1ccc(N2CC(C(=O)Nc3ccc(Cl)cc3)CC2=O)cc1. The Morgan fingerprint density at radius 2 is 1.88 bits per heavy atom. The number of hydrogen-bond acceptors (Lipinski definition) is 3. The van der Waals surface area contributed by atoms with Gasteiger partial charge in [-0.25, -0.2) is 0 Å². The first-order valence-electron chi connectivity index (χ1n) is 8.16. The Kier molecular flexibility index (Phi) is 5.24. The average molecular weight is 359 g/mol. The molecule has 0 radical (unpaired) electrons. The second-order valence-corrected chi connectivity index (χ2v) is 6.26. The van der Waals surface area contributed by atoms with E-state index < -0.39 is 0 Å². The van der Waals surface area contributed by atoms with Crippen LogP contribution in [-0.2, 0) is 9.59 Å². The lowest BCUT2D eigenvalue weighted by atomic mass is 10.1. The van der Waals surface area contributed by atoms with E-state index in [0.29, 0.717) is 23.9 Å². The molecule has 1 aliphatic rings. The summed E-state index contributed by atoms with van der Waals surface area (Å²) >= 11 is 5.84. The molecule has 5 nitrogen and oxygen atoms in total. The van der Waals surface area contributed by atoms with Crippen molar-refractivity contribution in [1.82, 2.24) is 0 Å². The van der Waals surface area contributed by atoms with Gasteiger partial charge in [-0.2, -0.15) is 0 Å². The molecule has 0 saturated carbocycles. The molecular formula is C19H19ClN2O3. The largest absolute Gasteiger partial charge is 0.494 e. The smallest absolute Gasteiger partial charge is 0.229 e. The zero-order valence-corrected chi connectivity index (χ0v) is 14.6. The first-order chi connectivity index (χ1) is 12.1. The molecule has 0 aliphatic carbocycles. The highest BCUT2D eigenvalue weighted by atomic mass is 35.5. The van der Waals surface area contributed by atoms with Crippen LogP contribution in [0, 0.1) is 5.92 Å². The molecule has 0 spiro atoms. The zero-order valence-electron chi connectivity index (χ0n) is 13.9. The number of halogens is 1. The van der Waals surface area contributed by atoms with E-state index >= 15 is 0 Å². The van der Waals surface area contributed by atoms with Crippen LogP contribution in [0.3, 0.4) is 0 Å². The van der Waals surface area contributed by atoms with Crippen molar-refractivity contribution in [2.45, 2.75) is 13.3 Å². The summed E-state index contributed by atoms with van der Waals surface area (Å²) < 4.78 is 5.41. The van der Waals surface area contributed by atoms with Crippen molar-refractivity contribution < 1.29 is 14.3 Å². The van der Waals surface area contributed by atoms with E-state index in [9.17, 15) is 9.59 Å². The maximum Gasteiger partial charge on any atom is 0.229 e. The molecule has 2 amide bonds. The first-order valence-corrected chi connectivity index (χ1v) is 8.54. The van der Waals surface area contributed by atoms with Crippen molar-refractivity contribution in [3.8, 4) is 5.75 Å². The van der Waals surface area contributed by atoms with Crippen LogP contribution in [0.1, 0.15) is 13.3 Å². The summed E-state index contributed by atoms with van der Waals surface area (Å²) in [6, 6.07) is 14.2. The standard InChI is InChI=1S/C19H19ClN2O3/c1-2-25-17-9-7-16(8-10-17)22-12-13(11-18(22)23)19(24)21-15-5-3-14(20)4-6-15/h3-10,13H,2,11-12H2,1H3,(H,21,24). The Balaban J connectivity index is 1.65. The molecular weight excluding hydrogens is 340 g/mol. The molecule has 6 heteroatoms. The summed E-state index contributed by atoms with van der Waals surface area (Å²) in [6.07, 6.45) is 0.201. The van der Waals surface area contributed by atoms with Crippen molar-refractivity contribution in [2.75, 3.05) is 23.4 Å². The van der Waals surface area contributed by atoms with Crippen LogP contribution >= 0.6 is 11.6 Å². The van der Waals surface area contributed by atoms with Crippen LogP contribution in [0.4, 0.5) is 11.4 Å². The van der Waals surface area contributed by atoms with Gasteiger partial charge in [0, 0.05) is 29.4 Å². The second kappa shape index (κ2) is 7.57. The Hall–Kier alpha value is -2.53. The van der Waals surface area contributed by atoms with Gasteiger partial charge in [0.05, 0.1) is 12.5 Å². The Labute approximate surface area is 151 Å². The summed E-state index contributed by atoms with van der Waals surface area (Å²) in [5.41, 5.74) is 1.44. The minimum Gasteiger partial charge on any atom is -0.494 e. The van der Waals surface area contributed by atoms with Gasteiger partial charge in [0.1, 0.15) is 5.75 Å². The van der Waals surface area contributed by atoms with Crippen LogP contribution < -0.4 is 15.0 Å². The molecule has 25 heavy (non-hydrogen) atoms. The number of carbonyl (C=O) groups excluding carboxylic acids is 2. The fourth-order valence-corrected chi connectivity index (χ4v) is 2.93. The number of hydrogen-bond donors (Lipinski definition) is 1. The third-order valence-electron chi connectivity index (χ3n) is 4.07. The highest BCUT2D eigenvalue weighted by Crippen LogP contribution is 2.27. The molecule has 1 saturated heterocycles. The number of carbonyl (C=O) groups is 2. The monoisotopic (exact) mass is 358 g/mol. The molecule has 1 atom stereocenters. The maximum atomic E-state index is 12.4. The van der Waals surface area contributed by atoms with Crippen LogP contribution in [-0.4, -0.2) is 25.0 Å². The van der Waals surface area contributed by atoms with Crippen LogP contribution in [0.2, 0.25) is 5.02 Å². The van der Waals surface area contributed by atoms with Crippen molar-refractivity contribution in [3.05, 3.63) is 53.6 Å². The Bertz CT molecular complexity index is 759. The van der Waals surface area contributed by atoms with Gasteiger partial charge in [-0.05, 0) is 55.5 Å². The molecule has 2 aromatic carbocycles. The Morgan fingerprint density at radius 1 is 1.20 bits per heavy atom. The van der Waals surface area contributed by atoms with E-state index in [1.165, 1.54) is 0 Å². The number of amides is 2. The minimum atomic E-state index is -0.380. The predicted molar refractivity (Wildman–Crippen MR) is 98.2 cm³/mol. The van der Waals surface area contributed by atoms with Gasteiger partial charge in [0.25, 0.3) is 0 Å². The molecule has 1 fully saturated rings. The molecule has 0 bridgehead atoms. The van der Waals surface area contributed by atoms with Gasteiger partial charge in [-0.15, -0.1) is 0 Å². The lowest BCUT2D eigenvalue weighted by molar-refractivity contribution is -0.122. The van der Waals surface area contributed by atoms with E-state index in [0.717, 1.165) is 11.4 Å². The van der Waals surface area contributed by atoms with Crippen LogP contribution in [0.15, 0.2) is 48.5 Å². The molecule has 1 heterocycles. The first kappa shape index (κ1) is 17.3. The third kappa shape index (κ3) is 4.12. The highest BCUT2D eigenvalue weighted by Gasteiger charge is 2.35. The maximum absolute atomic E-state index is 12.4. The molecule has 1 unspecified atom stereocenters. The summed E-state index contributed by atoms with van der Waals surface area (Å²) in [4.78, 5) is 26.4. The van der Waals surface area contributed by atoms with E-state index in [2.05, 4.69) is 5.32 Å². The number of nitrogens with one attached hydrogen (secondary N) is 1. The van der Waals surface area contributed by atoms with Gasteiger partial charge < -0.3 is 15.0 Å². The van der Waals surface area contributed by atoms with Crippen LogP contribution in [0.25, 0.3) is 0 Å². The van der Waals surface area contributed by atoms with Gasteiger partial charge >= 0.3 is 0 Å². The highest BCUT2D eigenvalue weighted by molar-refractivity contribution is 6.30. The molecule has 1 aliphatic heterocycles. The number of anilines is 2. The molecule has 3 rings (SSSR count). The number of nitrogens with zero attached hydrogens (tertiary/aromatic N) is 1. The van der Waals surface area contributed by atoms with Gasteiger partial charge in [-0.1, -0.05) is 11.6 Å². The average Bonchev–Trinajstić information content (AvgIpc) is 3.00. The normalized spacial score (nSPS) is 16.8. The lowest BCUT2D eigenvalue weighted by Gasteiger charge is -2.17. The molecule has 2 aromatic rings. The summed E-state index contributed by atoms with van der Waals surface area (Å²) in [7, 11) is 0. The Morgan fingerprint density at radius 3 is 2.52 bits per heavy atom. The van der Waals surface area contributed by atoms with E-state index in [-0.39, 0.29) is 24.2 Å². The molecule has 0 aromatic heterocycles. The number of rotatable bonds is 5. The number of ether oxygens (including phenoxy) is 1. The third-order valence-corrected chi connectivity index (χ3v) is 4.32. The van der Waals surface area contributed by atoms with E-state index in [4.69, 9.17) is 16.3 Å². The van der Waals surface area contributed by atoms with Gasteiger partial charge in [-0.3, -0.25) is 9.59 Å². The summed E-state index contributed by atoms with van der Waals surface area (Å²) in [5.74, 6) is 0.161. The fraction of sp³-hybridized carbons (Fsp3) is 0.263. The van der Waals surface area contributed by atoms with Gasteiger partial charge in [0.2, 0.25) is 11.8 Å². The van der Waals surface area contributed by atoms with Crippen molar-refractivity contribution in [1.29, 1.82) is 0 Å². The molecule has 1 N–H and O–H groups in total. The fourth-order valence-electron chi connectivity index (χ4n) is 2.80. The van der Waals surface area contributed by atoms with E-state index in [1.807, 2.05) is 31.2 Å². The minimum absolute atomic E-state index is 0.0552. The summed E-state index contributed by atoms with van der Waals surface area (Å²) in [6.45, 7) is 2.88. The topological polar surface area (TPSA) is 58.6 Å². The quantitative estimate of drug-likeness (QED) is 0.886. The van der Waals surface area contributed by atoms with Gasteiger partial charge in [0.15, 0.2) is 0 Å². The van der Waals surface area contributed by atoms with Crippen molar-refractivity contribution in [2.24, 2.45) is 5.92 Å².